The van der Waals surface area contributed by atoms with Crippen LogP contribution >= 0.6 is 0 Å². The van der Waals surface area contributed by atoms with Crippen molar-refractivity contribution < 1.29 is 31.0 Å². The Morgan fingerprint density at radius 3 is 1.94 bits per heavy atom. The summed E-state index contributed by atoms with van der Waals surface area (Å²) in [6, 6.07) is 0. The molecular weight excluding hydrogens is 271 g/mol. The van der Waals surface area contributed by atoms with Gasteiger partial charge in [-0.1, -0.05) is 19.8 Å². The maximum atomic E-state index is 10.7. The van der Waals surface area contributed by atoms with Crippen molar-refractivity contribution in [2.45, 2.75) is 38.1 Å². The second-order valence-corrected chi connectivity index (χ2v) is 5.96. The summed E-state index contributed by atoms with van der Waals surface area (Å²) < 4.78 is 58.9. The number of hydrogen-bond donors (Lipinski definition) is 1. The van der Waals surface area contributed by atoms with Crippen molar-refractivity contribution >= 4 is 10.1 Å². The molecule has 0 bridgehead atoms. The van der Waals surface area contributed by atoms with Gasteiger partial charge in [0, 0.05) is 0 Å². The van der Waals surface area contributed by atoms with E-state index in [0.717, 1.165) is 5.92 Å². The predicted molar refractivity (Wildman–Crippen MR) is 60.0 cm³/mol. The van der Waals surface area contributed by atoms with Gasteiger partial charge < -0.3 is 9.45 Å². The number of quaternary nitrogens is 1. The molecule has 110 valence electrons. The van der Waals surface area contributed by atoms with Crippen LogP contribution in [0.3, 0.4) is 0 Å². The molecule has 0 aromatic carbocycles. The maximum absolute atomic E-state index is 10.7. The number of piperidine rings is 1. The summed E-state index contributed by atoms with van der Waals surface area (Å²) in [5.74, 6) is 1.06. The molecule has 0 aromatic heterocycles. The molecule has 0 aliphatic carbocycles. The zero-order valence-electron chi connectivity index (χ0n) is 10.6. The van der Waals surface area contributed by atoms with Crippen LogP contribution in [0.1, 0.15) is 32.6 Å². The molecule has 1 N–H and O–H groups in total. The topological polar surface area (TPSA) is 61.6 Å². The Bertz CT molecular complexity index is 322. The van der Waals surface area contributed by atoms with Crippen molar-refractivity contribution in [3.8, 4) is 0 Å². The van der Waals surface area contributed by atoms with Crippen molar-refractivity contribution in [2.75, 3.05) is 20.1 Å². The minimum Gasteiger partial charge on any atom is -0.741 e. The highest BCUT2D eigenvalue weighted by atomic mass is 32.2. The monoisotopic (exact) mass is 291 g/mol. The van der Waals surface area contributed by atoms with Gasteiger partial charge in [-0.15, -0.1) is 0 Å². The Balaban J connectivity index is 0.000000331. The number of likely N-dealkylation sites (tertiary alicyclic amines) is 1. The third-order valence-corrected chi connectivity index (χ3v) is 3.51. The molecule has 1 heterocycles. The highest BCUT2D eigenvalue weighted by molar-refractivity contribution is 7.86. The Labute approximate surface area is 106 Å². The van der Waals surface area contributed by atoms with Crippen LogP contribution in [0, 0.1) is 5.92 Å². The van der Waals surface area contributed by atoms with Gasteiger partial charge in [0.25, 0.3) is 0 Å². The molecule has 0 saturated carbocycles. The maximum Gasteiger partial charge on any atom is 0.485 e. The predicted octanol–water partition coefficient (Wildman–Crippen LogP) is 0.763. The Morgan fingerprint density at radius 2 is 1.67 bits per heavy atom. The zero-order chi connectivity index (χ0) is 14.4. The summed E-state index contributed by atoms with van der Waals surface area (Å²) in [5, 5.41) is 0. The normalized spacial score (nSPS) is 25.2. The quantitative estimate of drug-likeness (QED) is 0.603. The Morgan fingerprint density at radius 1 is 1.28 bits per heavy atom. The first-order valence-corrected chi connectivity index (χ1v) is 7.32. The lowest BCUT2D eigenvalue weighted by Gasteiger charge is -2.25. The number of rotatable bonds is 2. The lowest BCUT2D eigenvalue weighted by Crippen LogP contribution is -3.10. The lowest BCUT2D eigenvalue weighted by molar-refractivity contribution is -0.886. The van der Waals surface area contributed by atoms with Gasteiger partial charge in [-0.3, -0.25) is 0 Å². The highest BCUT2D eigenvalue weighted by Gasteiger charge is 2.36. The summed E-state index contributed by atoms with van der Waals surface area (Å²) in [7, 11) is -3.78. The first-order chi connectivity index (χ1) is 8.08. The third-order valence-electron chi connectivity index (χ3n) is 2.94. The first-order valence-electron chi connectivity index (χ1n) is 5.91. The summed E-state index contributed by atoms with van der Waals surface area (Å²) >= 11 is 0. The summed E-state index contributed by atoms with van der Waals surface area (Å²) in [4.78, 5) is 1.73. The molecule has 18 heavy (non-hydrogen) atoms. The van der Waals surface area contributed by atoms with E-state index in [9.17, 15) is 13.2 Å². The molecule has 1 fully saturated rings. The van der Waals surface area contributed by atoms with Crippen LogP contribution in [0.25, 0.3) is 0 Å². The van der Waals surface area contributed by atoms with Gasteiger partial charge in [0.15, 0.2) is 10.1 Å². The van der Waals surface area contributed by atoms with Crippen LogP contribution in [-0.4, -0.2) is 38.6 Å². The van der Waals surface area contributed by atoms with E-state index in [2.05, 4.69) is 14.0 Å². The van der Waals surface area contributed by atoms with E-state index in [1.54, 1.807) is 4.90 Å². The molecule has 0 atom stereocenters. The fraction of sp³-hybridized carbons (Fsp3) is 1.00. The summed E-state index contributed by atoms with van der Waals surface area (Å²) in [6.45, 7) is 5.11. The van der Waals surface area contributed by atoms with Gasteiger partial charge in [0.05, 0.1) is 20.1 Å². The van der Waals surface area contributed by atoms with Gasteiger partial charge in [-0.2, -0.15) is 13.2 Å². The summed E-state index contributed by atoms with van der Waals surface area (Å²) in [5.41, 5.74) is -5.65. The van der Waals surface area contributed by atoms with Gasteiger partial charge >= 0.3 is 5.51 Å². The van der Waals surface area contributed by atoms with Crippen LogP contribution in [0.15, 0.2) is 0 Å². The van der Waals surface area contributed by atoms with E-state index in [1.165, 1.54) is 38.8 Å². The van der Waals surface area contributed by atoms with Crippen LogP contribution in [0.5, 0.6) is 0 Å². The Kier molecular flexibility index (Phi) is 7.16. The number of nitrogens with one attached hydrogen (secondary N) is 1. The van der Waals surface area contributed by atoms with Gasteiger partial charge in [0.1, 0.15) is 0 Å². The molecule has 0 amide bonds. The Hall–Kier alpha value is -0.340. The SMILES string of the molecule is CCCC1CC[NH+](C)CC1.O=S(=O)([O-])C(F)(F)F. The minimum atomic E-state index is -6.09. The average Bonchev–Trinajstić information content (AvgIpc) is 2.20. The standard InChI is InChI=1S/C9H19N.CHF3O3S/c1-3-4-9-5-7-10(2)8-6-9;2-1(3,4)8(5,6)7/h9H,3-8H2,1-2H3;(H,5,6,7). The number of hydrogen-bond acceptors (Lipinski definition) is 3. The largest absolute Gasteiger partial charge is 0.741 e. The second-order valence-electron chi connectivity index (χ2n) is 4.59. The number of halogens is 3. The fourth-order valence-corrected chi connectivity index (χ4v) is 1.87. The molecule has 0 radical (unpaired) electrons. The molecule has 1 aliphatic heterocycles. The molecule has 1 saturated heterocycles. The first kappa shape index (κ1) is 17.7. The van der Waals surface area contributed by atoms with E-state index in [1.807, 2.05) is 0 Å². The third kappa shape index (κ3) is 7.17. The molecule has 8 heteroatoms. The van der Waals surface area contributed by atoms with Crippen molar-refractivity contribution in [3.63, 3.8) is 0 Å². The van der Waals surface area contributed by atoms with Crippen LogP contribution < -0.4 is 4.90 Å². The van der Waals surface area contributed by atoms with Gasteiger partial charge in [-0.25, -0.2) is 8.42 Å². The molecular formula is C10H20F3NO3S. The molecule has 4 nitrogen and oxygen atoms in total. The van der Waals surface area contributed by atoms with Crippen LogP contribution in [0.2, 0.25) is 0 Å². The van der Waals surface area contributed by atoms with Crippen molar-refractivity contribution in [1.29, 1.82) is 0 Å². The second kappa shape index (κ2) is 7.30. The van der Waals surface area contributed by atoms with E-state index >= 15 is 0 Å². The molecule has 0 spiro atoms. The van der Waals surface area contributed by atoms with E-state index in [0.29, 0.717) is 0 Å². The van der Waals surface area contributed by atoms with Gasteiger partial charge in [0.2, 0.25) is 0 Å². The van der Waals surface area contributed by atoms with Crippen molar-refractivity contribution in [2.24, 2.45) is 5.92 Å². The van der Waals surface area contributed by atoms with Crippen LogP contribution in [0.4, 0.5) is 13.2 Å². The van der Waals surface area contributed by atoms with E-state index in [-0.39, 0.29) is 0 Å². The highest BCUT2D eigenvalue weighted by Crippen LogP contribution is 2.20. The number of alkyl halides is 3. The van der Waals surface area contributed by atoms with Gasteiger partial charge in [-0.05, 0) is 18.8 Å². The minimum absolute atomic E-state index is 1.06. The van der Waals surface area contributed by atoms with Crippen molar-refractivity contribution in [1.82, 2.24) is 0 Å². The van der Waals surface area contributed by atoms with E-state index < -0.39 is 15.6 Å². The zero-order valence-corrected chi connectivity index (χ0v) is 11.4. The molecule has 0 unspecified atom stereocenters. The molecule has 0 aromatic rings. The molecule has 1 rings (SSSR count). The smallest absolute Gasteiger partial charge is 0.485 e. The summed E-state index contributed by atoms with van der Waals surface area (Å²) in [6.07, 6.45) is 5.79. The van der Waals surface area contributed by atoms with Crippen LogP contribution in [-0.2, 0) is 10.1 Å². The van der Waals surface area contributed by atoms with E-state index in [4.69, 9.17) is 13.0 Å². The average molecular weight is 291 g/mol. The molecule has 1 aliphatic rings. The van der Waals surface area contributed by atoms with Crippen molar-refractivity contribution in [3.05, 3.63) is 0 Å². The fourth-order valence-electron chi connectivity index (χ4n) is 1.87. The lowest BCUT2D eigenvalue weighted by atomic mass is 9.93.